The Labute approximate surface area is 204 Å². The van der Waals surface area contributed by atoms with Crippen LogP contribution < -0.4 is 4.80 Å². The van der Waals surface area contributed by atoms with Gasteiger partial charge < -0.3 is 9.30 Å². The highest BCUT2D eigenvalue weighted by Crippen LogP contribution is 2.25. The first-order valence-corrected chi connectivity index (χ1v) is 13.7. The van der Waals surface area contributed by atoms with Crippen LogP contribution in [0, 0.1) is 19.8 Å². The highest BCUT2D eigenvalue weighted by atomic mass is 32.2. The number of benzene rings is 2. The zero-order chi connectivity index (χ0) is 24.5. The summed E-state index contributed by atoms with van der Waals surface area (Å²) in [5, 5.41) is 0. The monoisotopic (exact) mass is 501 g/mol. The maximum Gasteiger partial charge on any atom is 0.279 e. The van der Waals surface area contributed by atoms with E-state index in [9.17, 15) is 13.2 Å². The van der Waals surface area contributed by atoms with E-state index >= 15 is 0 Å². The first kappa shape index (κ1) is 24.8. The predicted octanol–water partition coefficient (Wildman–Crippen LogP) is 4.13. The second kappa shape index (κ2) is 10.1. The van der Waals surface area contributed by atoms with Crippen molar-refractivity contribution in [1.29, 1.82) is 0 Å². The molecule has 2 aromatic carbocycles. The molecule has 0 atom stereocenters. The van der Waals surface area contributed by atoms with E-state index in [1.54, 1.807) is 19.2 Å². The summed E-state index contributed by atoms with van der Waals surface area (Å²) < 4.78 is 35.9. The fourth-order valence-electron chi connectivity index (χ4n) is 4.29. The number of amides is 1. The van der Waals surface area contributed by atoms with Gasteiger partial charge in [-0.05, 0) is 74.1 Å². The van der Waals surface area contributed by atoms with E-state index in [1.807, 2.05) is 11.5 Å². The molecule has 0 saturated carbocycles. The summed E-state index contributed by atoms with van der Waals surface area (Å²) in [6, 6.07) is 10.3. The number of hydrogen-bond acceptors (Lipinski definition) is 5. The van der Waals surface area contributed by atoms with E-state index < -0.39 is 15.9 Å². The number of rotatable bonds is 6. The average molecular weight is 502 g/mol. The van der Waals surface area contributed by atoms with Crippen molar-refractivity contribution in [1.82, 2.24) is 8.87 Å². The molecule has 9 heteroatoms. The molecule has 0 bridgehead atoms. The molecule has 1 aliphatic heterocycles. The molecule has 1 aromatic heterocycles. The Bertz CT molecular complexity index is 1360. The molecule has 3 aromatic rings. The molecule has 0 unspecified atom stereocenters. The van der Waals surface area contributed by atoms with E-state index in [4.69, 9.17) is 4.74 Å². The van der Waals surface area contributed by atoms with E-state index in [0.29, 0.717) is 42.5 Å². The maximum absolute atomic E-state index is 13.0. The minimum atomic E-state index is -3.55. The Balaban J connectivity index is 1.65. The molecule has 7 nitrogen and oxygen atoms in total. The lowest BCUT2D eigenvalue weighted by Gasteiger charge is -2.29. The molecule has 0 spiro atoms. The summed E-state index contributed by atoms with van der Waals surface area (Å²) in [4.78, 5) is 18.2. The normalized spacial score (nSPS) is 16.4. The highest BCUT2D eigenvalue weighted by molar-refractivity contribution is 7.89. The Kier molecular flexibility index (Phi) is 7.37. The number of thiazole rings is 1. The highest BCUT2D eigenvalue weighted by Gasteiger charge is 2.28. The predicted molar refractivity (Wildman–Crippen MR) is 135 cm³/mol. The second-order valence-corrected chi connectivity index (χ2v) is 11.9. The van der Waals surface area contributed by atoms with Crippen molar-refractivity contribution < 1.29 is 17.9 Å². The second-order valence-electron chi connectivity index (χ2n) is 8.99. The molecular formula is C25H31N3O4S2. The molecule has 1 saturated heterocycles. The van der Waals surface area contributed by atoms with Gasteiger partial charge in [0, 0.05) is 32.3 Å². The lowest BCUT2D eigenvalue weighted by Crippen LogP contribution is -2.37. The summed E-state index contributed by atoms with van der Waals surface area (Å²) in [5.74, 6) is 0.143. The van der Waals surface area contributed by atoms with Gasteiger partial charge in [-0.3, -0.25) is 4.79 Å². The number of piperidine rings is 1. The van der Waals surface area contributed by atoms with Crippen molar-refractivity contribution in [3.8, 4) is 0 Å². The van der Waals surface area contributed by atoms with Crippen LogP contribution in [0.15, 0.2) is 46.3 Å². The van der Waals surface area contributed by atoms with E-state index in [1.165, 1.54) is 27.8 Å². The molecule has 0 aliphatic carbocycles. The number of fused-ring (bicyclic) bond motifs is 1. The molecule has 34 heavy (non-hydrogen) atoms. The molecule has 2 heterocycles. The van der Waals surface area contributed by atoms with Gasteiger partial charge in [-0.1, -0.05) is 24.3 Å². The summed E-state index contributed by atoms with van der Waals surface area (Å²) in [5.41, 5.74) is 3.67. The quantitative estimate of drug-likeness (QED) is 0.509. The molecular weight excluding hydrogens is 470 g/mol. The molecule has 182 valence electrons. The maximum atomic E-state index is 13.0. The van der Waals surface area contributed by atoms with Gasteiger partial charge in [-0.25, -0.2) is 8.42 Å². The van der Waals surface area contributed by atoms with Crippen LogP contribution >= 0.6 is 11.3 Å². The number of hydrogen-bond donors (Lipinski definition) is 0. The van der Waals surface area contributed by atoms with Gasteiger partial charge in [0.15, 0.2) is 4.80 Å². The topological polar surface area (TPSA) is 81.0 Å². The third kappa shape index (κ3) is 5.02. The number of aryl methyl sites for hydroxylation is 2. The van der Waals surface area contributed by atoms with Gasteiger partial charge in [-0.2, -0.15) is 9.30 Å². The molecule has 1 amide bonds. The Morgan fingerprint density at radius 3 is 2.47 bits per heavy atom. The summed E-state index contributed by atoms with van der Waals surface area (Å²) in [6.07, 6.45) is 1.73. The number of sulfonamides is 1. The van der Waals surface area contributed by atoms with Gasteiger partial charge in [0.2, 0.25) is 10.0 Å². The minimum Gasteiger partial charge on any atom is -0.383 e. The number of carbonyl (C=O) groups is 1. The van der Waals surface area contributed by atoms with Gasteiger partial charge in [0.1, 0.15) is 0 Å². The van der Waals surface area contributed by atoms with E-state index in [0.717, 1.165) is 34.2 Å². The van der Waals surface area contributed by atoms with Crippen LogP contribution in [0.3, 0.4) is 0 Å². The lowest BCUT2D eigenvalue weighted by molar-refractivity contribution is 0.0997. The summed E-state index contributed by atoms with van der Waals surface area (Å²) in [6.45, 7) is 8.40. The molecule has 4 rings (SSSR count). The molecule has 0 N–H and O–H groups in total. The fraction of sp³-hybridized carbons (Fsp3) is 0.440. The van der Waals surface area contributed by atoms with Crippen LogP contribution in [-0.4, -0.2) is 50.0 Å². The Morgan fingerprint density at radius 2 is 1.82 bits per heavy atom. The fourth-order valence-corrected chi connectivity index (χ4v) is 6.87. The molecule has 0 radical (unpaired) electrons. The van der Waals surface area contributed by atoms with Crippen molar-refractivity contribution in [2.75, 3.05) is 26.8 Å². The number of aromatic nitrogens is 1. The lowest BCUT2D eigenvalue weighted by atomic mass is 10.0. The van der Waals surface area contributed by atoms with Crippen LogP contribution in [0.4, 0.5) is 0 Å². The zero-order valence-electron chi connectivity index (χ0n) is 20.1. The first-order chi connectivity index (χ1) is 16.2. The third-order valence-corrected chi connectivity index (χ3v) is 9.45. The number of carbonyl (C=O) groups excluding carboxylic acids is 1. The molecule has 1 fully saturated rings. The number of methoxy groups -OCH3 is 1. The Morgan fingerprint density at radius 1 is 1.15 bits per heavy atom. The van der Waals surface area contributed by atoms with Crippen LogP contribution in [0.25, 0.3) is 10.2 Å². The largest absolute Gasteiger partial charge is 0.383 e. The van der Waals surface area contributed by atoms with Crippen molar-refractivity contribution in [2.24, 2.45) is 10.9 Å². The number of ether oxygens (including phenoxy) is 1. The van der Waals surface area contributed by atoms with E-state index in [2.05, 4.69) is 31.0 Å². The minimum absolute atomic E-state index is 0.210. The van der Waals surface area contributed by atoms with Crippen LogP contribution in [0.1, 0.15) is 41.3 Å². The first-order valence-electron chi connectivity index (χ1n) is 11.5. The van der Waals surface area contributed by atoms with Gasteiger partial charge in [-0.15, -0.1) is 0 Å². The van der Waals surface area contributed by atoms with Crippen molar-refractivity contribution >= 4 is 37.5 Å². The van der Waals surface area contributed by atoms with Crippen molar-refractivity contribution in [3.05, 3.63) is 57.9 Å². The Hall–Kier alpha value is -2.33. The average Bonchev–Trinajstić information content (AvgIpc) is 3.15. The van der Waals surface area contributed by atoms with Crippen molar-refractivity contribution in [3.63, 3.8) is 0 Å². The zero-order valence-corrected chi connectivity index (χ0v) is 21.7. The summed E-state index contributed by atoms with van der Waals surface area (Å²) in [7, 11) is -1.91. The van der Waals surface area contributed by atoms with Gasteiger partial charge in [0.05, 0.1) is 21.7 Å². The van der Waals surface area contributed by atoms with Crippen LogP contribution in [-0.2, 0) is 21.3 Å². The van der Waals surface area contributed by atoms with Gasteiger partial charge >= 0.3 is 0 Å². The third-order valence-electron chi connectivity index (χ3n) is 6.31. The summed E-state index contributed by atoms with van der Waals surface area (Å²) >= 11 is 1.48. The van der Waals surface area contributed by atoms with Crippen molar-refractivity contribution in [2.45, 2.75) is 45.1 Å². The molecule has 1 aliphatic rings. The van der Waals surface area contributed by atoms with Crippen LogP contribution in [0.5, 0.6) is 0 Å². The van der Waals surface area contributed by atoms with Crippen LogP contribution in [0.2, 0.25) is 0 Å². The smallest absolute Gasteiger partial charge is 0.279 e. The van der Waals surface area contributed by atoms with Gasteiger partial charge in [0.25, 0.3) is 5.91 Å². The standard InChI is InChI=1S/C25H31N3O4S2/c1-17-9-11-27(12-10-17)34(30,31)21-7-5-20(6-8-21)24(29)26-25-28(13-14-32-4)22-16-18(2)15-19(3)23(22)33-25/h5-8,15-17H,9-14H2,1-4H3. The van der Waals surface area contributed by atoms with E-state index in [-0.39, 0.29) is 4.90 Å². The SMILES string of the molecule is COCCn1c(=NC(=O)c2ccc(S(=O)(=O)N3CCC(C)CC3)cc2)sc2c(C)cc(C)cc21. The number of nitrogens with zero attached hydrogens (tertiary/aromatic N) is 3.